The third kappa shape index (κ3) is 6.78. The van der Waals surface area contributed by atoms with Gasteiger partial charge < -0.3 is 23.7 Å². The van der Waals surface area contributed by atoms with Crippen molar-refractivity contribution in [1.82, 2.24) is 0 Å². The lowest BCUT2D eigenvalue weighted by atomic mass is 10.1. The quantitative estimate of drug-likeness (QED) is 0.387. The average molecular weight is 490 g/mol. The Bertz CT molecular complexity index is 1120. The number of benzene rings is 2. The minimum absolute atomic E-state index is 0.0686. The van der Waals surface area contributed by atoms with E-state index in [4.69, 9.17) is 18.9 Å². The average Bonchev–Trinajstić information content (AvgIpc) is 2.76. The SMILES string of the molecule is COc1cc(OC)c(/C=C/S(=O)(=O)Cc2ccc(OC)c(OC(=O)C(F)(F)F)c2)c(OC)c1. The molecule has 2 rings (SSSR count). The van der Waals surface area contributed by atoms with E-state index in [-0.39, 0.29) is 11.3 Å². The molecule has 180 valence electrons. The summed E-state index contributed by atoms with van der Waals surface area (Å²) in [5.41, 5.74) is 0.401. The van der Waals surface area contributed by atoms with Crippen LogP contribution in [0.15, 0.2) is 35.7 Å². The molecular formula is C21H21F3O8S. The van der Waals surface area contributed by atoms with Crippen LogP contribution in [0.3, 0.4) is 0 Å². The molecule has 0 saturated heterocycles. The van der Waals surface area contributed by atoms with Crippen LogP contribution >= 0.6 is 0 Å². The first-order chi connectivity index (χ1) is 15.4. The van der Waals surface area contributed by atoms with E-state index in [2.05, 4.69) is 4.74 Å². The van der Waals surface area contributed by atoms with E-state index < -0.39 is 33.5 Å². The molecule has 0 atom stereocenters. The fraction of sp³-hybridized carbons (Fsp3) is 0.286. The van der Waals surface area contributed by atoms with Gasteiger partial charge in [0.05, 0.1) is 39.8 Å². The van der Waals surface area contributed by atoms with Crippen LogP contribution in [0.2, 0.25) is 0 Å². The van der Waals surface area contributed by atoms with E-state index >= 15 is 0 Å². The zero-order valence-corrected chi connectivity index (χ0v) is 18.9. The summed E-state index contributed by atoms with van der Waals surface area (Å²) >= 11 is 0. The molecule has 0 saturated carbocycles. The standard InChI is InChI=1S/C21H21F3O8S/c1-28-14-10-17(30-3)15(18(11-14)31-4)7-8-33(26,27)12-13-5-6-16(29-2)19(9-13)32-20(25)21(22,23)24/h5-11H,12H2,1-4H3/b8-7+. The van der Waals surface area contributed by atoms with Gasteiger partial charge in [-0.2, -0.15) is 13.2 Å². The van der Waals surface area contributed by atoms with Gasteiger partial charge in [0, 0.05) is 17.5 Å². The molecule has 0 aliphatic rings. The van der Waals surface area contributed by atoms with Crippen molar-refractivity contribution in [3.05, 3.63) is 46.9 Å². The molecule has 0 unspecified atom stereocenters. The summed E-state index contributed by atoms with van der Waals surface area (Å²) in [5, 5.41) is 0.908. The zero-order chi connectivity index (χ0) is 24.8. The number of methoxy groups -OCH3 is 4. The molecule has 12 heteroatoms. The van der Waals surface area contributed by atoms with E-state index in [0.717, 1.165) is 18.6 Å². The zero-order valence-electron chi connectivity index (χ0n) is 18.1. The molecule has 0 aromatic heterocycles. The van der Waals surface area contributed by atoms with Gasteiger partial charge in [0.2, 0.25) is 0 Å². The van der Waals surface area contributed by atoms with Crippen molar-refractivity contribution < 1.29 is 50.1 Å². The smallest absolute Gasteiger partial charge is 0.491 e. The van der Waals surface area contributed by atoms with Gasteiger partial charge in [-0.1, -0.05) is 6.07 Å². The summed E-state index contributed by atoms with van der Waals surface area (Å²) in [6.45, 7) is 0. The van der Waals surface area contributed by atoms with Crippen LogP contribution < -0.4 is 23.7 Å². The third-order valence-corrected chi connectivity index (χ3v) is 5.51. The fourth-order valence-electron chi connectivity index (χ4n) is 2.70. The Morgan fingerprint density at radius 1 is 0.879 bits per heavy atom. The van der Waals surface area contributed by atoms with Gasteiger partial charge in [-0.3, -0.25) is 0 Å². The predicted octanol–water partition coefficient (Wildman–Crippen LogP) is 3.77. The normalized spacial score (nSPS) is 11.8. The molecule has 0 amide bonds. The Kier molecular flexibility index (Phi) is 8.20. The number of rotatable bonds is 9. The van der Waals surface area contributed by atoms with Crippen molar-refractivity contribution in [2.75, 3.05) is 28.4 Å². The number of halogens is 3. The Hall–Kier alpha value is -3.41. The van der Waals surface area contributed by atoms with Crippen molar-refractivity contribution in [2.24, 2.45) is 0 Å². The Morgan fingerprint density at radius 2 is 1.45 bits per heavy atom. The van der Waals surface area contributed by atoms with E-state index in [9.17, 15) is 26.4 Å². The van der Waals surface area contributed by atoms with E-state index in [0.29, 0.717) is 22.8 Å². The molecule has 0 aliphatic carbocycles. The minimum Gasteiger partial charge on any atom is -0.496 e. The van der Waals surface area contributed by atoms with Crippen LogP contribution in [0.1, 0.15) is 11.1 Å². The highest BCUT2D eigenvalue weighted by atomic mass is 32.2. The van der Waals surface area contributed by atoms with Crippen molar-refractivity contribution >= 4 is 21.9 Å². The summed E-state index contributed by atoms with van der Waals surface area (Å²) in [6, 6.07) is 6.59. The lowest BCUT2D eigenvalue weighted by molar-refractivity contribution is -0.189. The van der Waals surface area contributed by atoms with Gasteiger partial charge in [0.25, 0.3) is 0 Å². The fourth-order valence-corrected chi connectivity index (χ4v) is 3.78. The Labute approximate surface area is 188 Å². The van der Waals surface area contributed by atoms with Crippen LogP contribution in [-0.4, -0.2) is 49.0 Å². The molecule has 0 heterocycles. The predicted molar refractivity (Wildman–Crippen MR) is 112 cm³/mol. The first-order valence-electron chi connectivity index (χ1n) is 9.10. The Morgan fingerprint density at radius 3 is 1.94 bits per heavy atom. The van der Waals surface area contributed by atoms with Gasteiger partial charge in [0.15, 0.2) is 21.3 Å². The number of carbonyl (C=O) groups is 1. The van der Waals surface area contributed by atoms with Gasteiger partial charge in [0.1, 0.15) is 17.2 Å². The first-order valence-corrected chi connectivity index (χ1v) is 10.8. The summed E-state index contributed by atoms with van der Waals surface area (Å²) in [6.07, 6.45) is -3.97. The van der Waals surface area contributed by atoms with Crippen LogP contribution in [-0.2, 0) is 20.4 Å². The molecule has 0 radical (unpaired) electrons. The number of hydrogen-bond acceptors (Lipinski definition) is 8. The van der Waals surface area contributed by atoms with Crippen LogP contribution in [0, 0.1) is 0 Å². The second-order valence-corrected chi connectivity index (χ2v) is 8.31. The van der Waals surface area contributed by atoms with Crippen LogP contribution in [0.25, 0.3) is 6.08 Å². The maximum absolute atomic E-state index is 12.6. The summed E-state index contributed by atoms with van der Waals surface area (Å²) in [5.74, 6) is -2.76. The monoisotopic (exact) mass is 490 g/mol. The lowest BCUT2D eigenvalue weighted by Crippen LogP contribution is -2.28. The molecule has 0 N–H and O–H groups in total. The molecule has 0 spiro atoms. The summed E-state index contributed by atoms with van der Waals surface area (Å²) < 4.78 is 87.7. The number of carbonyl (C=O) groups excluding carboxylic acids is 1. The van der Waals surface area contributed by atoms with E-state index in [1.165, 1.54) is 39.5 Å². The van der Waals surface area contributed by atoms with Crippen molar-refractivity contribution in [2.45, 2.75) is 11.9 Å². The molecule has 0 bridgehead atoms. The molecule has 2 aromatic rings. The van der Waals surface area contributed by atoms with Crippen molar-refractivity contribution in [1.29, 1.82) is 0 Å². The number of esters is 1. The van der Waals surface area contributed by atoms with Gasteiger partial charge in [-0.15, -0.1) is 0 Å². The van der Waals surface area contributed by atoms with E-state index in [1.54, 1.807) is 12.1 Å². The number of alkyl halides is 3. The second-order valence-electron chi connectivity index (χ2n) is 6.43. The van der Waals surface area contributed by atoms with Crippen molar-refractivity contribution in [3.8, 4) is 28.7 Å². The number of hydrogen-bond donors (Lipinski definition) is 0. The highest BCUT2D eigenvalue weighted by molar-refractivity contribution is 7.93. The molecular weight excluding hydrogens is 469 g/mol. The van der Waals surface area contributed by atoms with Gasteiger partial charge in [-0.25, -0.2) is 13.2 Å². The number of sulfone groups is 1. The van der Waals surface area contributed by atoms with Crippen molar-refractivity contribution in [3.63, 3.8) is 0 Å². The minimum atomic E-state index is -5.23. The summed E-state index contributed by atoms with van der Waals surface area (Å²) in [7, 11) is 1.47. The molecule has 0 fully saturated rings. The Balaban J connectivity index is 2.34. The maximum atomic E-state index is 12.6. The van der Waals surface area contributed by atoms with E-state index in [1.807, 2.05) is 0 Å². The molecule has 2 aromatic carbocycles. The molecule has 33 heavy (non-hydrogen) atoms. The van der Waals surface area contributed by atoms with Gasteiger partial charge >= 0.3 is 12.1 Å². The highest BCUT2D eigenvalue weighted by Gasteiger charge is 2.41. The summed E-state index contributed by atoms with van der Waals surface area (Å²) in [4.78, 5) is 11.2. The van der Waals surface area contributed by atoms with Crippen LogP contribution in [0.5, 0.6) is 28.7 Å². The highest BCUT2D eigenvalue weighted by Crippen LogP contribution is 2.35. The topological polar surface area (TPSA) is 97.4 Å². The van der Waals surface area contributed by atoms with Crippen LogP contribution in [0.4, 0.5) is 13.2 Å². The maximum Gasteiger partial charge on any atom is 0.491 e. The second kappa shape index (κ2) is 10.5. The largest absolute Gasteiger partial charge is 0.496 e. The first kappa shape index (κ1) is 25.8. The molecule has 0 aliphatic heterocycles. The van der Waals surface area contributed by atoms with Gasteiger partial charge in [-0.05, 0) is 23.8 Å². The third-order valence-electron chi connectivity index (χ3n) is 4.23. The lowest BCUT2D eigenvalue weighted by Gasteiger charge is -2.13. The molecule has 8 nitrogen and oxygen atoms in total. The number of ether oxygens (including phenoxy) is 5.